The Morgan fingerprint density at radius 3 is 2.77 bits per heavy atom. The number of aryl methyl sites for hydroxylation is 1. The molecule has 0 saturated heterocycles. The first kappa shape index (κ1) is 15.6. The zero-order valence-corrected chi connectivity index (χ0v) is 14.3. The highest BCUT2D eigenvalue weighted by atomic mass is 16.5. The molecule has 120 valence electrons. The third-order valence-electron chi connectivity index (χ3n) is 6.12. The largest absolute Gasteiger partial charge is 0.469 e. The maximum absolute atomic E-state index is 12.4. The third-order valence-corrected chi connectivity index (χ3v) is 6.12. The van der Waals surface area contributed by atoms with Gasteiger partial charge in [0.15, 0.2) is 0 Å². The van der Waals surface area contributed by atoms with Crippen molar-refractivity contribution in [1.29, 1.82) is 0 Å². The van der Waals surface area contributed by atoms with E-state index in [1.165, 1.54) is 30.2 Å². The summed E-state index contributed by atoms with van der Waals surface area (Å²) in [4.78, 5) is 12.4. The van der Waals surface area contributed by atoms with Crippen LogP contribution >= 0.6 is 0 Å². The number of hydrogen-bond acceptors (Lipinski definition) is 2. The summed E-state index contributed by atoms with van der Waals surface area (Å²) in [6, 6.07) is 7.03. The molecule has 0 aromatic heterocycles. The zero-order valence-electron chi connectivity index (χ0n) is 14.3. The number of methoxy groups -OCH3 is 1. The minimum Gasteiger partial charge on any atom is -0.469 e. The quantitative estimate of drug-likeness (QED) is 0.732. The third kappa shape index (κ3) is 2.37. The first-order valence-electron chi connectivity index (χ1n) is 8.68. The molecule has 1 aromatic carbocycles. The lowest BCUT2D eigenvalue weighted by atomic mass is 9.56. The minimum absolute atomic E-state index is 0.00977. The molecule has 0 N–H and O–H groups in total. The SMILES string of the molecule is COC(=O)C1(C)CCCC2c3ccc(C(C)C)cc3CCC21. The molecule has 1 fully saturated rings. The normalized spacial score (nSPS) is 30.6. The van der Waals surface area contributed by atoms with Gasteiger partial charge in [0, 0.05) is 0 Å². The summed E-state index contributed by atoms with van der Waals surface area (Å²) < 4.78 is 5.14. The van der Waals surface area contributed by atoms with Crippen LogP contribution in [-0.2, 0) is 16.0 Å². The van der Waals surface area contributed by atoms with E-state index < -0.39 is 0 Å². The highest BCUT2D eigenvalue weighted by molar-refractivity contribution is 5.77. The fraction of sp³-hybridized carbons (Fsp3) is 0.650. The molecular weight excluding hydrogens is 272 g/mol. The summed E-state index contributed by atoms with van der Waals surface area (Å²) in [5.74, 6) is 1.54. The van der Waals surface area contributed by atoms with Gasteiger partial charge in [-0.3, -0.25) is 4.79 Å². The molecule has 0 spiro atoms. The van der Waals surface area contributed by atoms with E-state index in [-0.39, 0.29) is 11.4 Å². The molecule has 0 heterocycles. The lowest BCUT2D eigenvalue weighted by molar-refractivity contribution is -0.158. The number of carbonyl (C=O) groups excluding carboxylic acids is 1. The van der Waals surface area contributed by atoms with Gasteiger partial charge in [0.25, 0.3) is 0 Å². The van der Waals surface area contributed by atoms with E-state index in [4.69, 9.17) is 4.74 Å². The lowest BCUT2D eigenvalue weighted by Crippen LogP contribution is -2.44. The standard InChI is InChI=1S/C20H28O2/c1-13(2)14-7-9-16-15(12-14)8-10-18-17(16)6-5-11-20(18,3)19(21)22-4/h7,9,12-13,17-18H,5-6,8,10-11H2,1-4H3. The van der Waals surface area contributed by atoms with Gasteiger partial charge < -0.3 is 4.74 Å². The van der Waals surface area contributed by atoms with Crippen LogP contribution in [0.2, 0.25) is 0 Å². The van der Waals surface area contributed by atoms with Crippen molar-refractivity contribution in [3.63, 3.8) is 0 Å². The van der Waals surface area contributed by atoms with E-state index in [1.807, 2.05) is 0 Å². The van der Waals surface area contributed by atoms with Crippen LogP contribution in [0.15, 0.2) is 18.2 Å². The molecule has 1 saturated carbocycles. The molecule has 22 heavy (non-hydrogen) atoms. The maximum atomic E-state index is 12.4. The highest BCUT2D eigenvalue weighted by Crippen LogP contribution is 2.54. The summed E-state index contributed by atoms with van der Waals surface area (Å²) in [5.41, 5.74) is 4.15. The Kier molecular flexibility index (Phi) is 4.05. The predicted octanol–water partition coefficient (Wildman–Crippen LogP) is 4.82. The van der Waals surface area contributed by atoms with Gasteiger partial charge in [-0.1, -0.05) is 38.5 Å². The molecule has 3 rings (SSSR count). The number of esters is 1. The van der Waals surface area contributed by atoms with Gasteiger partial charge in [-0.2, -0.15) is 0 Å². The van der Waals surface area contributed by atoms with Gasteiger partial charge >= 0.3 is 5.97 Å². The van der Waals surface area contributed by atoms with Crippen LogP contribution in [-0.4, -0.2) is 13.1 Å². The van der Waals surface area contributed by atoms with Crippen molar-refractivity contribution in [2.45, 2.75) is 64.7 Å². The number of ether oxygens (including phenoxy) is 1. The molecule has 2 aliphatic carbocycles. The fourth-order valence-corrected chi connectivity index (χ4v) is 4.77. The Bertz CT molecular complexity index is 575. The molecule has 2 aliphatic rings. The number of benzene rings is 1. The van der Waals surface area contributed by atoms with Crippen molar-refractivity contribution in [3.8, 4) is 0 Å². The molecule has 0 radical (unpaired) electrons. The summed E-state index contributed by atoms with van der Waals surface area (Å²) in [6.45, 7) is 6.63. The van der Waals surface area contributed by atoms with E-state index >= 15 is 0 Å². The van der Waals surface area contributed by atoms with Crippen molar-refractivity contribution in [2.24, 2.45) is 11.3 Å². The van der Waals surface area contributed by atoms with Gasteiger partial charge in [-0.05, 0) is 67.1 Å². The smallest absolute Gasteiger partial charge is 0.311 e. The topological polar surface area (TPSA) is 26.3 Å². The monoisotopic (exact) mass is 300 g/mol. The Morgan fingerprint density at radius 2 is 2.09 bits per heavy atom. The summed E-state index contributed by atoms with van der Waals surface area (Å²) >= 11 is 0. The van der Waals surface area contributed by atoms with Gasteiger partial charge in [0.05, 0.1) is 12.5 Å². The summed E-state index contributed by atoms with van der Waals surface area (Å²) in [5, 5.41) is 0. The Hall–Kier alpha value is -1.31. The second kappa shape index (κ2) is 5.72. The molecule has 2 heteroatoms. The van der Waals surface area contributed by atoms with Crippen molar-refractivity contribution < 1.29 is 9.53 Å². The zero-order chi connectivity index (χ0) is 15.9. The molecule has 1 aromatic rings. The minimum atomic E-state index is -0.300. The number of rotatable bonds is 2. The van der Waals surface area contributed by atoms with E-state index in [0.29, 0.717) is 17.8 Å². The molecule has 0 aliphatic heterocycles. The Morgan fingerprint density at radius 1 is 1.32 bits per heavy atom. The Balaban J connectivity index is 1.97. The van der Waals surface area contributed by atoms with E-state index in [0.717, 1.165) is 25.7 Å². The lowest BCUT2D eigenvalue weighted by Gasteiger charge is -2.47. The average molecular weight is 300 g/mol. The van der Waals surface area contributed by atoms with Crippen LogP contribution in [0.4, 0.5) is 0 Å². The first-order chi connectivity index (χ1) is 10.5. The second-order valence-corrected chi connectivity index (χ2v) is 7.67. The van der Waals surface area contributed by atoms with Gasteiger partial charge in [-0.15, -0.1) is 0 Å². The second-order valence-electron chi connectivity index (χ2n) is 7.67. The summed E-state index contributed by atoms with van der Waals surface area (Å²) in [7, 11) is 1.53. The molecule has 3 unspecified atom stereocenters. The van der Waals surface area contributed by atoms with Crippen molar-refractivity contribution >= 4 is 5.97 Å². The highest BCUT2D eigenvalue weighted by Gasteiger charge is 2.49. The Labute approximate surface area is 134 Å². The first-order valence-corrected chi connectivity index (χ1v) is 8.68. The van der Waals surface area contributed by atoms with Crippen LogP contribution in [0.1, 0.15) is 75.0 Å². The van der Waals surface area contributed by atoms with Crippen molar-refractivity contribution in [1.82, 2.24) is 0 Å². The fourth-order valence-electron chi connectivity index (χ4n) is 4.77. The molecule has 2 nitrogen and oxygen atoms in total. The molecular formula is C20H28O2. The molecule has 3 atom stereocenters. The van der Waals surface area contributed by atoms with Crippen LogP contribution < -0.4 is 0 Å². The predicted molar refractivity (Wildman–Crippen MR) is 89.1 cm³/mol. The van der Waals surface area contributed by atoms with E-state index in [9.17, 15) is 4.79 Å². The maximum Gasteiger partial charge on any atom is 0.311 e. The summed E-state index contributed by atoms with van der Waals surface area (Å²) in [6.07, 6.45) is 5.53. The van der Waals surface area contributed by atoms with Crippen molar-refractivity contribution in [2.75, 3.05) is 7.11 Å². The van der Waals surface area contributed by atoms with E-state index in [2.05, 4.69) is 39.0 Å². The van der Waals surface area contributed by atoms with Crippen LogP contribution in [0.3, 0.4) is 0 Å². The average Bonchev–Trinajstić information content (AvgIpc) is 2.53. The number of fused-ring (bicyclic) bond motifs is 3. The molecule has 0 amide bonds. The van der Waals surface area contributed by atoms with Crippen LogP contribution in [0, 0.1) is 11.3 Å². The van der Waals surface area contributed by atoms with Crippen LogP contribution in [0.5, 0.6) is 0 Å². The van der Waals surface area contributed by atoms with E-state index in [1.54, 1.807) is 0 Å². The van der Waals surface area contributed by atoms with Gasteiger partial charge in [0.2, 0.25) is 0 Å². The number of carbonyl (C=O) groups is 1. The van der Waals surface area contributed by atoms with Crippen molar-refractivity contribution in [3.05, 3.63) is 34.9 Å². The van der Waals surface area contributed by atoms with Gasteiger partial charge in [-0.25, -0.2) is 0 Å². The number of hydrogen-bond donors (Lipinski definition) is 0. The van der Waals surface area contributed by atoms with Crippen LogP contribution in [0.25, 0.3) is 0 Å². The van der Waals surface area contributed by atoms with Gasteiger partial charge in [0.1, 0.15) is 0 Å². The molecule has 0 bridgehead atoms.